The molecule has 13 nitrogen and oxygen atoms in total. The Morgan fingerprint density at radius 3 is 1.38 bits per heavy atom. The molecule has 228 valence electrons. The van der Waals surface area contributed by atoms with Crippen LogP contribution in [0.2, 0.25) is 0 Å². The van der Waals surface area contributed by atoms with Gasteiger partial charge < -0.3 is 4.74 Å². The van der Waals surface area contributed by atoms with E-state index in [9.17, 15) is 21.4 Å². The molecule has 0 fully saturated rings. The molecule has 0 saturated carbocycles. The molecule has 0 bridgehead atoms. The van der Waals surface area contributed by atoms with E-state index in [0.717, 1.165) is 0 Å². The molecular formula is C30H24N6O7S2. The minimum atomic E-state index is -4.49. The van der Waals surface area contributed by atoms with Gasteiger partial charge in [0, 0.05) is 10.8 Å². The van der Waals surface area contributed by atoms with Gasteiger partial charge in [-0.25, -0.2) is 0 Å². The van der Waals surface area contributed by atoms with Crippen LogP contribution in [0, 0.1) is 0 Å². The van der Waals surface area contributed by atoms with Crippen molar-refractivity contribution in [3.8, 4) is 5.75 Å². The highest BCUT2D eigenvalue weighted by molar-refractivity contribution is 7.86. The first-order valence-corrected chi connectivity index (χ1v) is 16.1. The van der Waals surface area contributed by atoms with Gasteiger partial charge in [0.1, 0.15) is 5.75 Å². The van der Waals surface area contributed by atoms with Crippen molar-refractivity contribution in [1.29, 1.82) is 0 Å². The fourth-order valence-corrected chi connectivity index (χ4v) is 5.00. The second-order valence-corrected chi connectivity index (χ2v) is 12.1. The fourth-order valence-electron chi connectivity index (χ4n) is 4.02. The van der Waals surface area contributed by atoms with Crippen molar-refractivity contribution >= 4 is 65.1 Å². The lowest BCUT2D eigenvalue weighted by Crippen LogP contribution is -1.97. The third kappa shape index (κ3) is 8.04. The van der Waals surface area contributed by atoms with Crippen LogP contribution in [0.5, 0.6) is 5.75 Å². The van der Waals surface area contributed by atoms with Gasteiger partial charge >= 0.3 is 0 Å². The molecular weight excluding hydrogens is 620 g/mol. The number of fused-ring (bicyclic) bond motifs is 1. The van der Waals surface area contributed by atoms with E-state index in [1.807, 2.05) is 6.92 Å². The Labute approximate surface area is 258 Å². The standard InChI is InChI=1S/C30H24N6O7S2/c1-2-43-24-11-7-22(8-12-24)34-35-29-17-18-30(28-19-26(45(40,41)42)15-16-27(28)29)36-33-21-5-3-20(4-6-21)31-32-23-9-13-25(14-10-23)44(37,38)39/h3-19H,2H2,1H3,(H,37,38,39)(H,40,41,42)/b32-31+,35-34+,36-33+. The average molecular weight is 645 g/mol. The van der Waals surface area contributed by atoms with Crippen LogP contribution in [0.25, 0.3) is 10.8 Å². The summed E-state index contributed by atoms with van der Waals surface area (Å²) in [6.45, 7) is 2.43. The second kappa shape index (κ2) is 13.2. The molecule has 0 aliphatic carbocycles. The summed E-state index contributed by atoms with van der Waals surface area (Å²) >= 11 is 0. The van der Waals surface area contributed by atoms with E-state index < -0.39 is 20.2 Å². The Kier molecular flexibility index (Phi) is 9.15. The summed E-state index contributed by atoms with van der Waals surface area (Å²) in [6, 6.07) is 26.2. The van der Waals surface area contributed by atoms with Crippen molar-refractivity contribution in [3.05, 3.63) is 103 Å². The molecule has 15 heteroatoms. The lowest BCUT2D eigenvalue weighted by molar-refractivity contribution is 0.340. The van der Waals surface area contributed by atoms with E-state index in [2.05, 4.69) is 30.7 Å². The molecule has 0 heterocycles. The van der Waals surface area contributed by atoms with E-state index in [4.69, 9.17) is 9.29 Å². The van der Waals surface area contributed by atoms with Crippen molar-refractivity contribution in [3.63, 3.8) is 0 Å². The summed E-state index contributed by atoms with van der Waals surface area (Å²) in [5.41, 5.74) is 2.69. The Balaban J connectivity index is 1.39. The molecule has 45 heavy (non-hydrogen) atoms. The summed E-state index contributed by atoms with van der Waals surface area (Å²) in [4.78, 5) is -0.560. The van der Waals surface area contributed by atoms with Crippen molar-refractivity contribution in [1.82, 2.24) is 0 Å². The van der Waals surface area contributed by atoms with E-state index in [1.54, 1.807) is 60.7 Å². The van der Waals surface area contributed by atoms with Crippen molar-refractivity contribution in [2.24, 2.45) is 30.7 Å². The van der Waals surface area contributed by atoms with Gasteiger partial charge in [-0.15, -0.1) is 10.2 Å². The van der Waals surface area contributed by atoms with Gasteiger partial charge in [0.25, 0.3) is 20.2 Å². The highest BCUT2D eigenvalue weighted by Crippen LogP contribution is 2.37. The Morgan fingerprint density at radius 1 is 0.511 bits per heavy atom. The first-order chi connectivity index (χ1) is 21.5. The molecule has 0 aliphatic heterocycles. The molecule has 0 radical (unpaired) electrons. The van der Waals surface area contributed by atoms with Gasteiger partial charge in [-0.1, -0.05) is 6.07 Å². The number of ether oxygens (including phenoxy) is 1. The summed E-state index contributed by atoms with van der Waals surface area (Å²) in [5.74, 6) is 0.708. The third-order valence-corrected chi connectivity index (χ3v) is 7.92. The van der Waals surface area contributed by atoms with Gasteiger partial charge in [-0.2, -0.15) is 37.3 Å². The lowest BCUT2D eigenvalue weighted by atomic mass is 10.1. The Hall–Kier alpha value is -5.22. The maximum atomic E-state index is 11.9. The molecule has 0 aromatic heterocycles. The predicted octanol–water partition coefficient (Wildman–Crippen LogP) is 8.98. The molecule has 5 rings (SSSR count). The Morgan fingerprint density at radius 2 is 0.911 bits per heavy atom. The number of hydrogen-bond donors (Lipinski definition) is 2. The first kappa shape index (κ1) is 31.2. The van der Waals surface area contributed by atoms with Crippen molar-refractivity contribution < 1.29 is 30.7 Å². The minimum Gasteiger partial charge on any atom is -0.494 e. The van der Waals surface area contributed by atoms with E-state index >= 15 is 0 Å². The molecule has 0 unspecified atom stereocenters. The molecule has 0 amide bonds. The number of rotatable bonds is 10. The maximum absolute atomic E-state index is 11.9. The van der Waals surface area contributed by atoms with Crippen molar-refractivity contribution in [2.45, 2.75) is 16.7 Å². The number of azo groups is 3. The molecule has 0 spiro atoms. The predicted molar refractivity (Wildman–Crippen MR) is 167 cm³/mol. The quantitative estimate of drug-likeness (QED) is 0.112. The highest BCUT2D eigenvalue weighted by atomic mass is 32.2. The van der Waals surface area contributed by atoms with E-state index in [0.29, 0.717) is 57.3 Å². The zero-order valence-electron chi connectivity index (χ0n) is 23.5. The highest BCUT2D eigenvalue weighted by Gasteiger charge is 2.14. The monoisotopic (exact) mass is 644 g/mol. The second-order valence-electron chi connectivity index (χ2n) is 9.30. The topological polar surface area (TPSA) is 192 Å². The molecule has 0 aliphatic rings. The van der Waals surface area contributed by atoms with Gasteiger partial charge in [-0.05, 0) is 104 Å². The fraction of sp³-hybridized carbons (Fsp3) is 0.0667. The van der Waals surface area contributed by atoms with Crippen LogP contribution in [0.1, 0.15) is 6.92 Å². The summed E-state index contributed by atoms with van der Waals surface area (Å²) < 4.78 is 70.2. The molecule has 0 atom stereocenters. The van der Waals surface area contributed by atoms with Gasteiger partial charge in [0.15, 0.2) is 0 Å². The van der Waals surface area contributed by atoms with Gasteiger partial charge in [-0.3, -0.25) is 9.11 Å². The van der Waals surface area contributed by atoms with Crippen LogP contribution in [0.15, 0.2) is 144 Å². The van der Waals surface area contributed by atoms with Crippen molar-refractivity contribution in [2.75, 3.05) is 6.61 Å². The van der Waals surface area contributed by atoms with E-state index in [-0.39, 0.29) is 9.79 Å². The van der Waals surface area contributed by atoms with Crippen LogP contribution < -0.4 is 4.74 Å². The zero-order chi connectivity index (χ0) is 32.0. The van der Waals surface area contributed by atoms with Crippen LogP contribution in [-0.4, -0.2) is 32.5 Å². The third-order valence-electron chi connectivity index (χ3n) is 6.20. The van der Waals surface area contributed by atoms with Crippen LogP contribution >= 0.6 is 0 Å². The summed E-state index contributed by atoms with van der Waals surface area (Å²) in [7, 11) is -8.79. The van der Waals surface area contributed by atoms with Gasteiger partial charge in [0.05, 0.1) is 50.5 Å². The van der Waals surface area contributed by atoms with Crippen LogP contribution in [0.4, 0.5) is 34.1 Å². The molecule has 2 N–H and O–H groups in total. The summed E-state index contributed by atoms with van der Waals surface area (Å²) in [5, 5.41) is 26.2. The minimum absolute atomic E-state index is 0.249. The molecule has 5 aromatic rings. The zero-order valence-corrected chi connectivity index (χ0v) is 25.1. The summed E-state index contributed by atoms with van der Waals surface area (Å²) in [6.07, 6.45) is 0. The lowest BCUT2D eigenvalue weighted by Gasteiger charge is -2.07. The first-order valence-electron chi connectivity index (χ1n) is 13.2. The van der Waals surface area contributed by atoms with E-state index in [1.165, 1.54) is 42.5 Å². The van der Waals surface area contributed by atoms with Crippen LogP contribution in [0.3, 0.4) is 0 Å². The molecule has 5 aromatic carbocycles. The van der Waals surface area contributed by atoms with Gasteiger partial charge in [0.2, 0.25) is 0 Å². The largest absolute Gasteiger partial charge is 0.494 e. The Bertz CT molecular complexity index is 2150. The number of nitrogens with zero attached hydrogens (tertiary/aromatic N) is 6. The number of benzene rings is 5. The maximum Gasteiger partial charge on any atom is 0.294 e. The normalized spacial score (nSPS) is 12.5. The number of hydrogen-bond acceptors (Lipinski definition) is 11. The smallest absolute Gasteiger partial charge is 0.294 e. The average Bonchev–Trinajstić information content (AvgIpc) is 3.02. The molecule has 0 saturated heterocycles. The van der Waals surface area contributed by atoms with Crippen LogP contribution in [-0.2, 0) is 20.2 Å². The SMILES string of the molecule is CCOc1ccc(/N=N/c2ccc(/N=N/c3ccc(/N=N/c4ccc(S(=O)(=O)O)cc4)cc3)c3cc(S(=O)(=O)O)ccc23)cc1.